The Bertz CT molecular complexity index is 822. The molecular formula is C28H36O6. The van der Waals surface area contributed by atoms with E-state index in [0.717, 1.165) is 18.6 Å². The molecule has 1 saturated heterocycles. The standard InChI is InChI=1S/C16H26O3.C8H8.C4H2O3/c1-2-3-4-5-6-7-8-9-10-11-12-14-13-15(17)19-16(14)18;1-2-8-6-4-3-5-7-8;5-3-1-2-4(6)7-3/h11-12,14H,2-10,13H2,1H3;2-7H,1H2;1-2H. The predicted octanol–water partition coefficient (Wildman–Crippen LogP) is 6.12. The normalized spacial score (nSPS) is 16.4. The van der Waals surface area contributed by atoms with E-state index in [-0.39, 0.29) is 12.3 Å². The minimum atomic E-state index is -0.579. The average Bonchev–Trinajstić information content (AvgIpc) is 3.38. The maximum atomic E-state index is 11.2. The number of rotatable bonds is 11. The molecule has 1 fully saturated rings. The van der Waals surface area contributed by atoms with Gasteiger partial charge in [0.1, 0.15) is 0 Å². The van der Waals surface area contributed by atoms with E-state index in [9.17, 15) is 19.2 Å². The van der Waals surface area contributed by atoms with E-state index in [1.54, 1.807) is 0 Å². The van der Waals surface area contributed by atoms with Gasteiger partial charge in [-0.1, -0.05) is 107 Å². The molecule has 0 saturated carbocycles. The van der Waals surface area contributed by atoms with Gasteiger partial charge in [-0.15, -0.1) is 0 Å². The molecule has 3 rings (SSSR count). The van der Waals surface area contributed by atoms with Crippen LogP contribution in [0.15, 0.2) is 61.2 Å². The van der Waals surface area contributed by atoms with Crippen molar-refractivity contribution in [2.75, 3.05) is 0 Å². The summed E-state index contributed by atoms with van der Waals surface area (Å²) in [6.07, 6.45) is 19.5. The second-order valence-electron chi connectivity index (χ2n) is 7.98. The number of cyclic esters (lactones) is 4. The van der Waals surface area contributed by atoms with Gasteiger partial charge in [-0.25, -0.2) is 9.59 Å². The highest BCUT2D eigenvalue weighted by molar-refractivity contribution is 6.04. The average molecular weight is 469 g/mol. The monoisotopic (exact) mass is 468 g/mol. The number of carbonyl (C=O) groups is 4. The highest BCUT2D eigenvalue weighted by Gasteiger charge is 2.30. The van der Waals surface area contributed by atoms with Gasteiger partial charge in [-0.3, -0.25) is 9.59 Å². The quantitative estimate of drug-likeness (QED) is 0.168. The van der Waals surface area contributed by atoms with Crippen molar-refractivity contribution in [3.8, 4) is 0 Å². The molecule has 0 bridgehead atoms. The minimum Gasteiger partial charge on any atom is -0.393 e. The fourth-order valence-corrected chi connectivity index (χ4v) is 3.19. The Balaban J connectivity index is 0.000000312. The van der Waals surface area contributed by atoms with E-state index >= 15 is 0 Å². The molecule has 0 spiro atoms. The molecule has 1 aromatic rings. The Kier molecular flexibility index (Phi) is 15.4. The van der Waals surface area contributed by atoms with Crippen LogP contribution in [-0.4, -0.2) is 23.9 Å². The highest BCUT2D eigenvalue weighted by Crippen LogP contribution is 2.18. The van der Waals surface area contributed by atoms with E-state index in [2.05, 4.69) is 23.0 Å². The summed E-state index contributed by atoms with van der Waals surface area (Å²) in [5, 5.41) is 0. The summed E-state index contributed by atoms with van der Waals surface area (Å²) in [6, 6.07) is 10.0. The number of hydrogen-bond acceptors (Lipinski definition) is 6. The van der Waals surface area contributed by atoms with Crippen LogP contribution in [0.5, 0.6) is 0 Å². The zero-order valence-electron chi connectivity index (χ0n) is 20.1. The molecule has 184 valence electrons. The molecule has 2 aliphatic rings. The van der Waals surface area contributed by atoms with Gasteiger partial charge in [0.05, 0.1) is 12.3 Å². The van der Waals surface area contributed by atoms with Crippen molar-refractivity contribution >= 4 is 30.0 Å². The van der Waals surface area contributed by atoms with Crippen LogP contribution in [0.4, 0.5) is 0 Å². The summed E-state index contributed by atoms with van der Waals surface area (Å²) in [6.45, 7) is 5.87. The summed E-state index contributed by atoms with van der Waals surface area (Å²) in [5.74, 6) is -2.28. The second-order valence-corrected chi connectivity index (χ2v) is 7.98. The first kappa shape index (κ1) is 28.8. The van der Waals surface area contributed by atoms with Crippen molar-refractivity contribution in [2.45, 2.75) is 71.1 Å². The maximum absolute atomic E-state index is 11.2. The lowest BCUT2D eigenvalue weighted by Crippen LogP contribution is -2.03. The molecule has 6 nitrogen and oxygen atoms in total. The van der Waals surface area contributed by atoms with Crippen molar-refractivity contribution in [1.82, 2.24) is 0 Å². The highest BCUT2D eigenvalue weighted by atomic mass is 16.6. The Morgan fingerprint density at radius 3 is 1.88 bits per heavy atom. The fraction of sp³-hybridized carbons (Fsp3) is 0.429. The smallest absolute Gasteiger partial charge is 0.338 e. The molecule has 2 heterocycles. The van der Waals surface area contributed by atoms with E-state index < -0.39 is 23.9 Å². The van der Waals surface area contributed by atoms with Gasteiger partial charge in [0.2, 0.25) is 0 Å². The third kappa shape index (κ3) is 14.0. The number of carbonyl (C=O) groups excluding carboxylic acids is 4. The van der Waals surface area contributed by atoms with E-state index in [1.807, 2.05) is 48.6 Å². The van der Waals surface area contributed by atoms with Gasteiger partial charge in [-0.2, -0.15) is 0 Å². The summed E-state index contributed by atoms with van der Waals surface area (Å²) >= 11 is 0. The lowest BCUT2D eigenvalue weighted by molar-refractivity contribution is -0.153. The largest absolute Gasteiger partial charge is 0.393 e. The van der Waals surface area contributed by atoms with Crippen molar-refractivity contribution < 1.29 is 28.7 Å². The molecule has 0 N–H and O–H groups in total. The minimum absolute atomic E-state index is 0.215. The molecule has 0 aromatic heterocycles. The van der Waals surface area contributed by atoms with Crippen LogP contribution in [0.1, 0.15) is 76.7 Å². The van der Waals surface area contributed by atoms with Crippen LogP contribution in [-0.2, 0) is 28.7 Å². The Morgan fingerprint density at radius 2 is 1.44 bits per heavy atom. The summed E-state index contributed by atoms with van der Waals surface area (Å²) in [5.41, 5.74) is 1.17. The van der Waals surface area contributed by atoms with Crippen LogP contribution < -0.4 is 0 Å². The van der Waals surface area contributed by atoms with Crippen LogP contribution >= 0.6 is 0 Å². The number of ether oxygens (including phenoxy) is 2. The number of hydrogen-bond donors (Lipinski definition) is 0. The second kappa shape index (κ2) is 18.2. The maximum Gasteiger partial charge on any atom is 0.338 e. The Morgan fingerprint density at radius 1 is 0.853 bits per heavy atom. The van der Waals surface area contributed by atoms with Crippen LogP contribution in [0.2, 0.25) is 0 Å². The summed E-state index contributed by atoms with van der Waals surface area (Å²) in [4.78, 5) is 41.9. The first-order valence-electron chi connectivity index (χ1n) is 12.0. The molecule has 2 aliphatic heterocycles. The molecule has 0 radical (unpaired) electrons. The molecule has 1 unspecified atom stereocenters. The zero-order valence-corrected chi connectivity index (χ0v) is 20.1. The lowest BCUT2D eigenvalue weighted by atomic mass is 10.0. The van der Waals surface area contributed by atoms with Gasteiger partial charge in [-0.05, 0) is 18.4 Å². The summed E-state index contributed by atoms with van der Waals surface area (Å²) < 4.78 is 8.46. The van der Waals surface area contributed by atoms with E-state index in [1.165, 1.54) is 56.9 Å². The molecule has 0 aliphatic carbocycles. The van der Waals surface area contributed by atoms with Gasteiger partial charge in [0.25, 0.3) is 0 Å². The lowest BCUT2D eigenvalue weighted by Gasteiger charge is -2.00. The summed E-state index contributed by atoms with van der Waals surface area (Å²) in [7, 11) is 0. The number of allylic oxidation sites excluding steroid dienone is 1. The SMILES string of the molecule is C=Cc1ccccc1.CCCCCCCCCCC=CC1CC(=O)OC1=O.O=C1C=CC(=O)O1. The van der Waals surface area contributed by atoms with Gasteiger partial charge in [0.15, 0.2) is 0 Å². The number of benzene rings is 1. The Hall–Kier alpha value is -3.28. The predicted molar refractivity (Wildman–Crippen MR) is 132 cm³/mol. The molecule has 34 heavy (non-hydrogen) atoms. The van der Waals surface area contributed by atoms with Crippen LogP contribution in [0, 0.1) is 5.92 Å². The van der Waals surface area contributed by atoms with Gasteiger partial charge in [0, 0.05) is 12.2 Å². The molecule has 0 amide bonds. The molecule has 1 aromatic carbocycles. The molecular weight excluding hydrogens is 432 g/mol. The third-order valence-corrected chi connectivity index (χ3v) is 5.09. The molecule has 1 atom stereocenters. The van der Waals surface area contributed by atoms with Crippen LogP contribution in [0.3, 0.4) is 0 Å². The van der Waals surface area contributed by atoms with E-state index in [0.29, 0.717) is 0 Å². The number of esters is 4. The third-order valence-electron chi connectivity index (χ3n) is 5.09. The molecule has 6 heteroatoms. The Labute approximate surface area is 202 Å². The van der Waals surface area contributed by atoms with E-state index in [4.69, 9.17) is 0 Å². The van der Waals surface area contributed by atoms with Gasteiger partial charge < -0.3 is 9.47 Å². The van der Waals surface area contributed by atoms with Crippen molar-refractivity contribution in [3.63, 3.8) is 0 Å². The number of unbranched alkanes of at least 4 members (excludes halogenated alkanes) is 8. The fourth-order valence-electron chi connectivity index (χ4n) is 3.19. The zero-order chi connectivity index (χ0) is 25.0. The van der Waals surface area contributed by atoms with Crippen LogP contribution in [0.25, 0.3) is 6.08 Å². The topological polar surface area (TPSA) is 86.7 Å². The van der Waals surface area contributed by atoms with Crippen molar-refractivity contribution in [3.05, 3.63) is 66.8 Å². The van der Waals surface area contributed by atoms with Crippen molar-refractivity contribution in [1.29, 1.82) is 0 Å². The first-order chi connectivity index (χ1) is 16.5. The first-order valence-corrected chi connectivity index (χ1v) is 12.0. The van der Waals surface area contributed by atoms with Gasteiger partial charge >= 0.3 is 23.9 Å². The van der Waals surface area contributed by atoms with Crippen molar-refractivity contribution in [2.24, 2.45) is 5.92 Å².